The molecule has 1 N–H and O–H groups in total. The molecule has 0 saturated heterocycles. The van der Waals surface area contributed by atoms with Crippen molar-refractivity contribution in [2.75, 3.05) is 13.7 Å². The van der Waals surface area contributed by atoms with E-state index in [0.29, 0.717) is 18.1 Å². The lowest BCUT2D eigenvalue weighted by Gasteiger charge is -2.13. The zero-order valence-corrected chi connectivity index (χ0v) is 19.2. The van der Waals surface area contributed by atoms with Crippen LogP contribution < -0.4 is 14.2 Å². The molecule has 0 spiro atoms. The van der Waals surface area contributed by atoms with Crippen molar-refractivity contribution in [2.45, 2.75) is 13.5 Å². The van der Waals surface area contributed by atoms with E-state index in [4.69, 9.17) is 19.3 Å². The minimum absolute atomic E-state index is 0.370. The van der Waals surface area contributed by atoms with E-state index in [-0.39, 0.29) is 6.61 Å². The van der Waals surface area contributed by atoms with Crippen LogP contribution in [-0.4, -0.2) is 24.8 Å². The number of aliphatic carboxylic acids is 1. The van der Waals surface area contributed by atoms with Crippen LogP contribution in [0.25, 0.3) is 21.6 Å². The van der Waals surface area contributed by atoms with Crippen molar-refractivity contribution in [1.29, 1.82) is 0 Å². The van der Waals surface area contributed by atoms with E-state index < -0.39 is 5.97 Å². The number of hydrogen-bond acceptors (Lipinski definition) is 5. The highest BCUT2D eigenvalue weighted by atomic mass is 32.1. The summed E-state index contributed by atoms with van der Waals surface area (Å²) in [6.45, 7) is 1.89. The fourth-order valence-corrected chi connectivity index (χ4v) is 4.21. The summed E-state index contributed by atoms with van der Waals surface area (Å²) in [5.41, 5.74) is 5.23. The van der Waals surface area contributed by atoms with Crippen LogP contribution in [0.3, 0.4) is 0 Å². The Kier molecular flexibility index (Phi) is 6.95. The van der Waals surface area contributed by atoms with Crippen LogP contribution in [0.4, 0.5) is 0 Å². The number of carbonyl (C=O) groups is 1. The number of aryl methyl sites for hydroxylation is 1. The summed E-state index contributed by atoms with van der Waals surface area (Å²) in [7, 11) is 1.66. The van der Waals surface area contributed by atoms with Crippen molar-refractivity contribution in [3.05, 3.63) is 89.3 Å². The molecule has 3 aromatic carbocycles. The number of benzene rings is 3. The largest absolute Gasteiger partial charge is 0.497 e. The van der Waals surface area contributed by atoms with Crippen LogP contribution in [0.1, 0.15) is 11.1 Å². The van der Waals surface area contributed by atoms with E-state index in [1.165, 1.54) is 4.88 Å². The summed E-state index contributed by atoms with van der Waals surface area (Å²) in [4.78, 5) is 11.9. The smallest absolute Gasteiger partial charge is 0.341 e. The minimum atomic E-state index is -1.01. The molecule has 0 amide bonds. The maximum atomic E-state index is 10.7. The number of carboxylic acids is 1. The van der Waals surface area contributed by atoms with Gasteiger partial charge in [-0.3, -0.25) is 0 Å². The standard InChI is InChI=1S/C27H24O5S/c1-18-12-24(9-10-25(18)32-17-27(28)29)31-16-19-13-21(20-5-7-23(30-2)8-6-20)15-22(14-19)26-4-3-11-33-26/h3-15H,16-17H2,1-2H3,(H,28,29). The molecular weight excluding hydrogens is 436 g/mol. The van der Waals surface area contributed by atoms with Gasteiger partial charge in [0, 0.05) is 4.88 Å². The van der Waals surface area contributed by atoms with Gasteiger partial charge in [0.15, 0.2) is 6.61 Å². The summed E-state index contributed by atoms with van der Waals surface area (Å²) in [6, 6.07) is 24.0. The molecule has 0 saturated carbocycles. The molecule has 1 heterocycles. The van der Waals surface area contributed by atoms with Crippen molar-refractivity contribution in [3.63, 3.8) is 0 Å². The quantitative estimate of drug-likeness (QED) is 0.311. The number of thiophene rings is 1. The molecule has 1 aromatic heterocycles. The molecule has 0 aliphatic heterocycles. The third-order valence-corrected chi connectivity index (χ3v) is 6.04. The van der Waals surface area contributed by atoms with Gasteiger partial charge in [0.1, 0.15) is 23.9 Å². The Labute approximate surface area is 196 Å². The molecule has 0 aliphatic rings. The molecule has 0 bridgehead atoms. The Bertz CT molecular complexity index is 1230. The number of carboxylic acid groups (broad SMARTS) is 1. The van der Waals surface area contributed by atoms with Crippen molar-refractivity contribution in [1.82, 2.24) is 0 Å². The fourth-order valence-electron chi connectivity index (χ4n) is 3.49. The summed E-state index contributed by atoms with van der Waals surface area (Å²) in [6.07, 6.45) is 0. The van der Waals surface area contributed by atoms with Crippen LogP contribution in [-0.2, 0) is 11.4 Å². The molecule has 0 unspecified atom stereocenters. The third kappa shape index (κ3) is 5.73. The number of ether oxygens (including phenoxy) is 3. The van der Waals surface area contributed by atoms with Gasteiger partial charge in [-0.1, -0.05) is 18.2 Å². The maximum absolute atomic E-state index is 10.7. The zero-order chi connectivity index (χ0) is 23.2. The van der Waals surface area contributed by atoms with E-state index in [1.807, 2.05) is 31.2 Å². The van der Waals surface area contributed by atoms with Gasteiger partial charge < -0.3 is 19.3 Å². The second-order valence-electron chi connectivity index (χ2n) is 7.52. The highest BCUT2D eigenvalue weighted by molar-refractivity contribution is 7.13. The Morgan fingerprint density at radius 1 is 0.879 bits per heavy atom. The van der Waals surface area contributed by atoms with Gasteiger partial charge in [-0.15, -0.1) is 11.3 Å². The van der Waals surface area contributed by atoms with Crippen LogP contribution in [0.15, 0.2) is 78.2 Å². The second-order valence-corrected chi connectivity index (χ2v) is 8.47. The number of methoxy groups -OCH3 is 1. The van der Waals surface area contributed by atoms with Crippen molar-refractivity contribution < 1.29 is 24.1 Å². The average molecular weight is 461 g/mol. The maximum Gasteiger partial charge on any atom is 0.341 e. The summed E-state index contributed by atoms with van der Waals surface area (Å²) in [5, 5.41) is 10.9. The lowest BCUT2D eigenvalue weighted by Crippen LogP contribution is -2.10. The van der Waals surface area contributed by atoms with E-state index in [9.17, 15) is 4.79 Å². The van der Waals surface area contributed by atoms with Crippen LogP contribution in [0, 0.1) is 6.92 Å². The van der Waals surface area contributed by atoms with Gasteiger partial charge in [0.05, 0.1) is 7.11 Å². The molecule has 168 valence electrons. The van der Waals surface area contributed by atoms with Crippen LogP contribution in [0.2, 0.25) is 0 Å². The highest BCUT2D eigenvalue weighted by Crippen LogP contribution is 2.32. The average Bonchev–Trinajstić information content (AvgIpc) is 3.37. The Morgan fingerprint density at radius 2 is 1.64 bits per heavy atom. The van der Waals surface area contributed by atoms with E-state index >= 15 is 0 Å². The molecular formula is C27H24O5S. The molecule has 33 heavy (non-hydrogen) atoms. The molecule has 4 aromatic rings. The first-order valence-corrected chi connectivity index (χ1v) is 11.3. The van der Waals surface area contributed by atoms with Crippen molar-refractivity contribution in [3.8, 4) is 38.8 Å². The predicted molar refractivity (Wildman–Crippen MR) is 130 cm³/mol. The molecule has 0 radical (unpaired) electrons. The zero-order valence-electron chi connectivity index (χ0n) is 18.4. The molecule has 0 atom stereocenters. The van der Waals surface area contributed by atoms with Gasteiger partial charge in [-0.25, -0.2) is 4.79 Å². The molecule has 0 aliphatic carbocycles. The van der Waals surface area contributed by atoms with Crippen molar-refractivity contribution >= 4 is 17.3 Å². The normalized spacial score (nSPS) is 10.6. The third-order valence-electron chi connectivity index (χ3n) is 5.12. The summed E-state index contributed by atoms with van der Waals surface area (Å²) >= 11 is 1.70. The molecule has 0 fully saturated rings. The van der Waals surface area contributed by atoms with Gasteiger partial charge >= 0.3 is 5.97 Å². The number of rotatable bonds is 9. The molecule has 4 rings (SSSR count). The van der Waals surface area contributed by atoms with Gasteiger partial charge in [-0.05, 0) is 94.7 Å². The second kappa shape index (κ2) is 10.2. The van der Waals surface area contributed by atoms with E-state index in [2.05, 4.69) is 41.8 Å². The topological polar surface area (TPSA) is 65.0 Å². The first kappa shape index (κ1) is 22.4. The van der Waals surface area contributed by atoms with E-state index in [0.717, 1.165) is 33.6 Å². The van der Waals surface area contributed by atoms with E-state index in [1.54, 1.807) is 30.6 Å². The van der Waals surface area contributed by atoms with Gasteiger partial charge in [-0.2, -0.15) is 0 Å². The summed E-state index contributed by atoms with van der Waals surface area (Å²) in [5.74, 6) is 1.05. The Morgan fingerprint density at radius 3 is 2.30 bits per heavy atom. The van der Waals surface area contributed by atoms with Crippen LogP contribution in [0.5, 0.6) is 17.2 Å². The highest BCUT2D eigenvalue weighted by Gasteiger charge is 2.09. The van der Waals surface area contributed by atoms with Crippen molar-refractivity contribution in [2.24, 2.45) is 0 Å². The first-order chi connectivity index (χ1) is 16.0. The Balaban J connectivity index is 1.57. The lowest BCUT2D eigenvalue weighted by atomic mass is 9.99. The fraction of sp³-hybridized carbons (Fsp3) is 0.148. The SMILES string of the molecule is COc1ccc(-c2cc(COc3ccc(OCC(=O)O)c(C)c3)cc(-c3cccs3)c2)cc1. The Hall–Kier alpha value is -3.77. The van der Waals surface area contributed by atoms with Gasteiger partial charge in [0.25, 0.3) is 0 Å². The lowest BCUT2D eigenvalue weighted by molar-refractivity contribution is -0.139. The molecule has 5 nitrogen and oxygen atoms in total. The minimum Gasteiger partial charge on any atom is -0.497 e. The van der Waals surface area contributed by atoms with Gasteiger partial charge in [0.2, 0.25) is 0 Å². The monoisotopic (exact) mass is 460 g/mol. The molecule has 6 heteroatoms. The summed E-state index contributed by atoms with van der Waals surface area (Å²) < 4.78 is 16.6. The number of hydrogen-bond donors (Lipinski definition) is 1. The predicted octanol–water partition coefficient (Wildman–Crippen LogP) is 6.44. The van der Waals surface area contributed by atoms with Crippen LogP contribution >= 0.6 is 11.3 Å². The first-order valence-electron chi connectivity index (χ1n) is 10.4.